The number of aliphatic hydroxyl groups is 1. The van der Waals surface area contributed by atoms with E-state index in [4.69, 9.17) is 19.3 Å². The monoisotopic (exact) mass is 714 g/mol. The van der Waals surface area contributed by atoms with E-state index in [-0.39, 0.29) is 24.4 Å². The molecule has 1 aromatic carbocycles. The third-order valence-corrected chi connectivity index (χ3v) is 10.6. The number of aromatic nitrogens is 2. The Hall–Kier alpha value is -2.38. The number of cyclic esters (lactones) is 1. The van der Waals surface area contributed by atoms with Gasteiger partial charge in [0.1, 0.15) is 12.3 Å². The van der Waals surface area contributed by atoms with Crippen LogP contribution in [0.2, 0.25) is 0 Å². The summed E-state index contributed by atoms with van der Waals surface area (Å²) in [5.74, 6) is -0.335. The maximum Gasteiger partial charge on any atom is 0.490 e. The first-order chi connectivity index (χ1) is 21.3. The SMILES string of the molecule is CN(C)CCN1CCC(=O)OC1c1ccc(-c2cn([C@H]3CC(O)[C@@H](COP(=O)(O)OP(=O)(O)OP(=O)(O)O)O3)c(=O)[nH]c2=O)cc1. The number of rotatable bonds is 13. The molecule has 0 amide bonds. The molecule has 0 spiro atoms. The average Bonchev–Trinajstić information content (AvgIpc) is 3.29. The zero-order chi connectivity index (χ0) is 34.0. The number of benzene rings is 1. The van der Waals surface area contributed by atoms with Gasteiger partial charge in [0.25, 0.3) is 5.56 Å². The molecule has 2 saturated heterocycles. The van der Waals surface area contributed by atoms with Gasteiger partial charge < -0.3 is 39.1 Å². The molecule has 0 radical (unpaired) electrons. The Morgan fingerprint density at radius 1 is 1.02 bits per heavy atom. The van der Waals surface area contributed by atoms with Crippen LogP contribution in [0.3, 0.4) is 0 Å². The number of carbonyl (C=O) groups excluding carboxylic acids is 1. The van der Waals surface area contributed by atoms with Gasteiger partial charge in [-0.05, 0) is 19.7 Å². The molecule has 23 heteroatoms. The molecule has 6 N–H and O–H groups in total. The van der Waals surface area contributed by atoms with Gasteiger partial charge in [-0.25, -0.2) is 18.5 Å². The highest BCUT2D eigenvalue weighted by molar-refractivity contribution is 7.66. The maximum atomic E-state index is 12.7. The van der Waals surface area contributed by atoms with E-state index in [2.05, 4.69) is 18.1 Å². The van der Waals surface area contributed by atoms with Crippen molar-refractivity contribution in [1.82, 2.24) is 19.4 Å². The van der Waals surface area contributed by atoms with E-state index < -0.39 is 66.0 Å². The van der Waals surface area contributed by atoms with Crippen LogP contribution >= 0.6 is 23.5 Å². The molecule has 0 bridgehead atoms. The third-order valence-electron chi connectivity index (χ3n) is 6.82. The molecule has 2 aliphatic rings. The number of H-pyrrole nitrogens is 1. The Kier molecular flexibility index (Phi) is 11.4. The Morgan fingerprint density at radius 2 is 1.70 bits per heavy atom. The summed E-state index contributed by atoms with van der Waals surface area (Å²) in [5, 5.41) is 10.4. The minimum Gasteiger partial charge on any atom is -0.442 e. The van der Waals surface area contributed by atoms with Crippen LogP contribution in [0.25, 0.3) is 11.1 Å². The third kappa shape index (κ3) is 9.82. The number of likely N-dealkylation sites (N-methyl/N-ethyl adjacent to an activating group) is 1. The van der Waals surface area contributed by atoms with E-state index >= 15 is 0 Å². The topological polar surface area (TPSA) is 277 Å². The van der Waals surface area contributed by atoms with Crippen LogP contribution in [0.15, 0.2) is 40.1 Å². The number of phosphoric ester groups is 1. The lowest BCUT2D eigenvalue weighted by molar-refractivity contribution is -0.170. The van der Waals surface area contributed by atoms with Crippen LogP contribution in [-0.4, -0.2) is 103 Å². The molecule has 6 atom stereocenters. The summed E-state index contributed by atoms with van der Waals surface area (Å²) in [7, 11) is -13.0. The summed E-state index contributed by atoms with van der Waals surface area (Å²) in [6.45, 7) is 0.955. The molecule has 1 aromatic heterocycles. The van der Waals surface area contributed by atoms with Crippen molar-refractivity contribution >= 4 is 29.4 Å². The van der Waals surface area contributed by atoms with Crippen LogP contribution in [0.1, 0.15) is 30.9 Å². The van der Waals surface area contributed by atoms with E-state index in [0.29, 0.717) is 24.2 Å². The molecule has 0 aliphatic carbocycles. The Bertz CT molecular complexity index is 1670. The number of ether oxygens (including phenoxy) is 2. The van der Waals surface area contributed by atoms with Gasteiger partial charge in [-0.2, -0.15) is 8.62 Å². The number of hydrogen-bond acceptors (Lipinski definition) is 14. The molecule has 256 valence electrons. The number of aliphatic hydroxyl groups excluding tert-OH is 1. The molecular formula is C23H33N4O16P3. The van der Waals surface area contributed by atoms with Crippen LogP contribution in [-0.2, 0) is 41.1 Å². The van der Waals surface area contributed by atoms with Crippen molar-refractivity contribution in [2.75, 3.05) is 40.3 Å². The number of esters is 1. The quantitative estimate of drug-likeness (QED) is 0.118. The van der Waals surface area contributed by atoms with Crippen LogP contribution in [0.4, 0.5) is 0 Å². The number of nitrogens with one attached hydrogen (secondary N) is 1. The predicted octanol–water partition coefficient (Wildman–Crippen LogP) is 0.00440. The summed E-state index contributed by atoms with van der Waals surface area (Å²) in [6.07, 6.45) is -3.45. The highest BCUT2D eigenvalue weighted by Crippen LogP contribution is 2.66. The highest BCUT2D eigenvalue weighted by Gasteiger charge is 2.43. The van der Waals surface area contributed by atoms with Crippen molar-refractivity contribution in [3.63, 3.8) is 0 Å². The fourth-order valence-electron chi connectivity index (χ4n) is 4.69. The van der Waals surface area contributed by atoms with E-state index in [9.17, 15) is 43.0 Å². The molecule has 3 heterocycles. The Morgan fingerprint density at radius 3 is 2.33 bits per heavy atom. The zero-order valence-corrected chi connectivity index (χ0v) is 27.0. The molecule has 46 heavy (non-hydrogen) atoms. The van der Waals surface area contributed by atoms with E-state index in [1.807, 2.05) is 23.9 Å². The fraction of sp³-hybridized carbons (Fsp3) is 0.522. The standard InChI is InChI=1S/C23H33N4O16P3/c1-25(2)9-10-26-8-7-20(29)41-22(26)15-5-3-14(4-6-15)16-12-27(23(31)24-21(16)30)19-11-17(28)18(40-19)13-39-45(35,36)43-46(37,38)42-44(32,33)34/h3-6,12,17-19,22,28H,7-11,13H2,1-2H3,(H,35,36)(H,37,38)(H,24,30,31)(H2,32,33,34)/t17?,18-,19-,22?/m1/s1. The fourth-order valence-corrected chi connectivity index (χ4v) is 7.72. The zero-order valence-electron chi connectivity index (χ0n) is 24.3. The minimum atomic E-state index is -5.75. The van der Waals surface area contributed by atoms with Crippen molar-refractivity contribution in [2.24, 2.45) is 0 Å². The largest absolute Gasteiger partial charge is 0.490 e. The average molecular weight is 714 g/mol. The number of carbonyl (C=O) groups is 1. The Balaban J connectivity index is 1.47. The minimum absolute atomic E-state index is 0.0473. The van der Waals surface area contributed by atoms with E-state index in [0.717, 1.165) is 11.1 Å². The molecule has 2 aromatic rings. The molecule has 0 saturated carbocycles. The molecule has 20 nitrogen and oxygen atoms in total. The normalized spacial score (nSPS) is 25.3. The summed E-state index contributed by atoms with van der Waals surface area (Å²) < 4.78 is 58.2. The second kappa shape index (κ2) is 14.4. The van der Waals surface area contributed by atoms with Crippen molar-refractivity contribution < 1.29 is 65.8 Å². The molecule has 4 unspecified atom stereocenters. The van der Waals surface area contributed by atoms with Gasteiger partial charge in [0, 0.05) is 37.8 Å². The molecular weight excluding hydrogens is 681 g/mol. The van der Waals surface area contributed by atoms with Gasteiger partial charge in [-0.3, -0.25) is 28.6 Å². The lowest BCUT2D eigenvalue weighted by Gasteiger charge is -2.35. The molecule has 2 aliphatic heterocycles. The highest BCUT2D eigenvalue weighted by atomic mass is 31.3. The van der Waals surface area contributed by atoms with E-state index in [1.165, 1.54) is 6.20 Å². The van der Waals surface area contributed by atoms with E-state index in [1.54, 1.807) is 24.3 Å². The van der Waals surface area contributed by atoms with Crippen molar-refractivity contribution in [3.8, 4) is 11.1 Å². The first kappa shape index (κ1) is 36.5. The van der Waals surface area contributed by atoms with Crippen molar-refractivity contribution in [2.45, 2.75) is 37.5 Å². The van der Waals surface area contributed by atoms with Gasteiger partial charge in [-0.1, -0.05) is 24.3 Å². The smallest absolute Gasteiger partial charge is 0.442 e. The van der Waals surface area contributed by atoms with Crippen LogP contribution in [0.5, 0.6) is 0 Å². The molecule has 2 fully saturated rings. The second-order valence-electron chi connectivity index (χ2n) is 10.6. The first-order valence-corrected chi connectivity index (χ1v) is 18.0. The maximum absolute atomic E-state index is 12.7. The van der Waals surface area contributed by atoms with Crippen molar-refractivity contribution in [3.05, 3.63) is 56.9 Å². The summed E-state index contributed by atoms with van der Waals surface area (Å²) in [4.78, 5) is 79.8. The van der Waals surface area contributed by atoms with Crippen molar-refractivity contribution in [1.29, 1.82) is 0 Å². The number of nitrogens with zero attached hydrogens (tertiary/aromatic N) is 3. The number of phosphoric acid groups is 3. The van der Waals surface area contributed by atoms with Gasteiger partial charge in [-0.15, -0.1) is 0 Å². The summed E-state index contributed by atoms with van der Waals surface area (Å²) >= 11 is 0. The predicted molar refractivity (Wildman–Crippen MR) is 155 cm³/mol. The van der Waals surface area contributed by atoms with Crippen LogP contribution in [0, 0.1) is 0 Å². The summed E-state index contributed by atoms with van der Waals surface area (Å²) in [6, 6.07) is 6.59. The summed E-state index contributed by atoms with van der Waals surface area (Å²) in [5.41, 5.74) is -0.522. The first-order valence-electron chi connectivity index (χ1n) is 13.5. The van der Waals surface area contributed by atoms with Gasteiger partial charge in [0.05, 0.1) is 24.7 Å². The lowest BCUT2D eigenvalue weighted by atomic mass is 10.0. The van der Waals surface area contributed by atoms with Gasteiger partial charge in [0.2, 0.25) is 0 Å². The number of hydrogen-bond donors (Lipinski definition) is 6. The lowest BCUT2D eigenvalue weighted by Crippen LogP contribution is -2.42. The Labute approximate surface area is 260 Å². The number of aromatic amines is 1. The van der Waals surface area contributed by atoms with Crippen LogP contribution < -0.4 is 11.2 Å². The van der Waals surface area contributed by atoms with Gasteiger partial charge >= 0.3 is 35.1 Å². The second-order valence-corrected chi connectivity index (χ2v) is 15.0. The van der Waals surface area contributed by atoms with Gasteiger partial charge in [0.15, 0.2) is 6.23 Å². The molecule has 4 rings (SSSR count).